The summed E-state index contributed by atoms with van der Waals surface area (Å²) in [6.45, 7) is 0. The topological polar surface area (TPSA) is 52.0 Å². The minimum atomic E-state index is -2.61. The maximum absolute atomic E-state index is 12.7. The summed E-state index contributed by atoms with van der Waals surface area (Å²) in [6, 6.07) is 5.41. The number of nitrogens with zero attached hydrogens (tertiary/aromatic N) is 1. The molecule has 0 fully saturated rings. The van der Waals surface area contributed by atoms with Gasteiger partial charge in [-0.15, -0.1) is 0 Å². The zero-order valence-electron chi connectivity index (χ0n) is 7.95. The van der Waals surface area contributed by atoms with Gasteiger partial charge in [-0.1, -0.05) is 22.8 Å². The summed E-state index contributed by atoms with van der Waals surface area (Å²) in [7, 11) is 0. The first-order chi connectivity index (χ1) is 7.58. The van der Waals surface area contributed by atoms with Crippen molar-refractivity contribution >= 4 is 17.4 Å². The normalized spacial score (nSPS) is 11.0. The van der Waals surface area contributed by atoms with E-state index >= 15 is 0 Å². The number of nitrogen functional groups attached to an aromatic ring is 1. The summed E-state index contributed by atoms with van der Waals surface area (Å²) in [6.07, 6.45) is -2.61. The van der Waals surface area contributed by atoms with E-state index in [2.05, 4.69) is 5.16 Å². The molecule has 2 aromatic rings. The number of benzene rings is 1. The third kappa shape index (κ3) is 1.99. The summed E-state index contributed by atoms with van der Waals surface area (Å²) < 4.78 is 30.3. The Morgan fingerprint density at radius 1 is 1.31 bits per heavy atom. The molecule has 6 heteroatoms. The molecule has 0 aliphatic carbocycles. The summed E-state index contributed by atoms with van der Waals surface area (Å²) in [4.78, 5) is 0. The van der Waals surface area contributed by atoms with E-state index in [1.165, 1.54) is 24.3 Å². The maximum atomic E-state index is 12.7. The monoisotopic (exact) mass is 244 g/mol. The number of anilines is 1. The SMILES string of the molecule is Nc1cc(-c2cc(Cl)ccc2C(F)F)on1. The predicted molar refractivity (Wildman–Crippen MR) is 56.3 cm³/mol. The van der Waals surface area contributed by atoms with Crippen molar-refractivity contribution in [3.05, 3.63) is 34.9 Å². The lowest BCUT2D eigenvalue weighted by atomic mass is 10.1. The van der Waals surface area contributed by atoms with E-state index in [4.69, 9.17) is 21.9 Å². The average Bonchev–Trinajstić information content (AvgIpc) is 2.64. The summed E-state index contributed by atoms with van der Waals surface area (Å²) in [5.41, 5.74) is 5.39. The van der Waals surface area contributed by atoms with E-state index < -0.39 is 6.43 Å². The van der Waals surface area contributed by atoms with Crippen LogP contribution in [0.15, 0.2) is 28.8 Å². The molecule has 0 amide bonds. The van der Waals surface area contributed by atoms with Crippen LogP contribution in [0.2, 0.25) is 5.02 Å². The Balaban J connectivity index is 2.57. The molecule has 0 atom stereocenters. The Hall–Kier alpha value is -1.62. The number of nitrogens with two attached hydrogens (primary N) is 1. The van der Waals surface area contributed by atoms with E-state index in [1.807, 2.05) is 0 Å². The van der Waals surface area contributed by atoms with Crippen molar-refractivity contribution < 1.29 is 13.3 Å². The molecule has 1 aromatic heterocycles. The highest BCUT2D eigenvalue weighted by Crippen LogP contribution is 2.33. The van der Waals surface area contributed by atoms with E-state index in [-0.39, 0.29) is 22.7 Å². The molecule has 84 valence electrons. The Kier molecular flexibility index (Phi) is 2.78. The van der Waals surface area contributed by atoms with Crippen molar-refractivity contribution in [3.8, 4) is 11.3 Å². The molecule has 0 aliphatic rings. The van der Waals surface area contributed by atoms with Crippen LogP contribution in [0.5, 0.6) is 0 Å². The quantitative estimate of drug-likeness (QED) is 0.879. The molecule has 0 aliphatic heterocycles. The van der Waals surface area contributed by atoms with E-state index in [0.29, 0.717) is 5.02 Å². The first-order valence-corrected chi connectivity index (χ1v) is 4.76. The zero-order chi connectivity index (χ0) is 11.7. The molecule has 3 nitrogen and oxygen atoms in total. The molecule has 1 heterocycles. The van der Waals surface area contributed by atoms with Crippen molar-refractivity contribution in [3.63, 3.8) is 0 Å². The largest absolute Gasteiger partial charge is 0.381 e. The lowest BCUT2D eigenvalue weighted by Gasteiger charge is -2.05. The van der Waals surface area contributed by atoms with Crippen LogP contribution >= 0.6 is 11.6 Å². The number of halogens is 3. The van der Waals surface area contributed by atoms with Crippen LogP contribution in [0, 0.1) is 0 Å². The molecule has 2 N–H and O–H groups in total. The summed E-state index contributed by atoms with van der Waals surface area (Å²) in [5, 5.41) is 3.78. The lowest BCUT2D eigenvalue weighted by Crippen LogP contribution is -1.89. The van der Waals surface area contributed by atoms with Gasteiger partial charge in [-0.2, -0.15) is 0 Å². The molecule has 0 spiro atoms. The minimum absolute atomic E-state index is 0.134. The van der Waals surface area contributed by atoms with Gasteiger partial charge in [0, 0.05) is 22.2 Å². The van der Waals surface area contributed by atoms with Crippen molar-refractivity contribution in [2.75, 3.05) is 5.73 Å². The van der Waals surface area contributed by atoms with Crippen LogP contribution in [0.1, 0.15) is 12.0 Å². The molecule has 0 saturated heterocycles. The highest BCUT2D eigenvalue weighted by molar-refractivity contribution is 6.30. The molecule has 1 aromatic carbocycles. The fourth-order valence-corrected chi connectivity index (χ4v) is 1.52. The average molecular weight is 245 g/mol. The van der Waals surface area contributed by atoms with Gasteiger partial charge in [0.05, 0.1) is 0 Å². The Bertz CT molecular complexity index is 513. The third-order valence-corrected chi connectivity index (χ3v) is 2.28. The standard InChI is InChI=1S/C10H7ClF2N2O/c11-5-1-2-6(10(12)13)7(3-5)8-4-9(14)15-16-8/h1-4,10H,(H2,14,15). The highest BCUT2D eigenvalue weighted by Gasteiger charge is 2.17. The van der Waals surface area contributed by atoms with Crippen LogP contribution in [-0.4, -0.2) is 5.16 Å². The smallest absolute Gasteiger partial charge is 0.264 e. The predicted octanol–water partition coefficient (Wildman–Crippen LogP) is 3.51. The first-order valence-electron chi connectivity index (χ1n) is 4.38. The fourth-order valence-electron chi connectivity index (χ4n) is 1.35. The molecule has 0 radical (unpaired) electrons. The third-order valence-electron chi connectivity index (χ3n) is 2.04. The Morgan fingerprint density at radius 2 is 2.06 bits per heavy atom. The van der Waals surface area contributed by atoms with Crippen molar-refractivity contribution in [1.29, 1.82) is 0 Å². The van der Waals surface area contributed by atoms with Gasteiger partial charge in [0.1, 0.15) is 0 Å². The first kappa shape index (κ1) is 10.9. The molecular formula is C10H7ClF2N2O. The van der Waals surface area contributed by atoms with Crippen molar-refractivity contribution in [2.45, 2.75) is 6.43 Å². The molecule has 2 rings (SSSR count). The number of aromatic nitrogens is 1. The van der Waals surface area contributed by atoms with Crippen LogP contribution < -0.4 is 5.73 Å². The minimum Gasteiger partial charge on any atom is -0.381 e. The summed E-state index contributed by atoms with van der Waals surface area (Å²) >= 11 is 5.74. The van der Waals surface area contributed by atoms with E-state index in [9.17, 15) is 8.78 Å². The van der Waals surface area contributed by atoms with Crippen LogP contribution in [0.4, 0.5) is 14.6 Å². The van der Waals surface area contributed by atoms with Gasteiger partial charge in [0.25, 0.3) is 6.43 Å². The molecule has 16 heavy (non-hydrogen) atoms. The van der Waals surface area contributed by atoms with E-state index in [1.54, 1.807) is 0 Å². The summed E-state index contributed by atoms with van der Waals surface area (Å²) in [5.74, 6) is 0.311. The van der Waals surface area contributed by atoms with E-state index in [0.717, 1.165) is 0 Å². The second-order valence-corrected chi connectivity index (χ2v) is 3.58. The molecular weight excluding hydrogens is 238 g/mol. The van der Waals surface area contributed by atoms with Gasteiger partial charge in [-0.25, -0.2) is 8.78 Å². The van der Waals surface area contributed by atoms with Gasteiger partial charge in [-0.3, -0.25) is 0 Å². The maximum Gasteiger partial charge on any atom is 0.264 e. The molecule has 0 bridgehead atoms. The van der Waals surface area contributed by atoms with Gasteiger partial charge in [0.15, 0.2) is 11.6 Å². The lowest BCUT2D eigenvalue weighted by molar-refractivity contribution is 0.152. The second kappa shape index (κ2) is 4.09. The van der Waals surface area contributed by atoms with Crippen LogP contribution in [0.3, 0.4) is 0 Å². The van der Waals surface area contributed by atoms with Crippen molar-refractivity contribution in [1.82, 2.24) is 5.16 Å². The highest BCUT2D eigenvalue weighted by atomic mass is 35.5. The molecule has 0 saturated carbocycles. The fraction of sp³-hybridized carbons (Fsp3) is 0.100. The number of hydrogen-bond donors (Lipinski definition) is 1. The Morgan fingerprint density at radius 3 is 2.62 bits per heavy atom. The van der Waals surface area contributed by atoms with Gasteiger partial charge in [0.2, 0.25) is 0 Å². The zero-order valence-corrected chi connectivity index (χ0v) is 8.71. The second-order valence-electron chi connectivity index (χ2n) is 3.15. The number of alkyl halides is 2. The number of rotatable bonds is 2. The van der Waals surface area contributed by atoms with Crippen LogP contribution in [-0.2, 0) is 0 Å². The Labute approximate surface area is 94.8 Å². The van der Waals surface area contributed by atoms with Gasteiger partial charge in [-0.05, 0) is 12.1 Å². The van der Waals surface area contributed by atoms with Gasteiger partial charge >= 0.3 is 0 Å². The van der Waals surface area contributed by atoms with Crippen LogP contribution in [0.25, 0.3) is 11.3 Å². The van der Waals surface area contributed by atoms with Crippen molar-refractivity contribution in [2.24, 2.45) is 0 Å². The number of hydrogen-bond acceptors (Lipinski definition) is 3. The molecule has 0 unspecified atom stereocenters. The van der Waals surface area contributed by atoms with Gasteiger partial charge < -0.3 is 10.3 Å².